The Morgan fingerprint density at radius 1 is 1.07 bits per heavy atom. The Morgan fingerprint density at radius 3 is 2.57 bits per heavy atom. The summed E-state index contributed by atoms with van der Waals surface area (Å²) in [6, 6.07) is 20.0. The summed E-state index contributed by atoms with van der Waals surface area (Å²) < 4.78 is 12.9. The van der Waals surface area contributed by atoms with Gasteiger partial charge in [0.05, 0.1) is 36.3 Å². The molecule has 2 aromatic heterocycles. The van der Waals surface area contributed by atoms with E-state index < -0.39 is 0 Å². The van der Waals surface area contributed by atoms with E-state index in [4.69, 9.17) is 26.7 Å². The van der Waals surface area contributed by atoms with Crippen LogP contribution in [0.4, 0.5) is 11.4 Å². The van der Waals surface area contributed by atoms with E-state index in [-0.39, 0.29) is 24.6 Å². The fraction of sp³-hybridized carbons (Fsp3) is 0.303. The summed E-state index contributed by atoms with van der Waals surface area (Å²) in [5.41, 5.74) is 9.43. The molecule has 8 nitrogen and oxygen atoms in total. The number of para-hydroxylation sites is 1. The first-order valence-electron chi connectivity index (χ1n) is 14.0. The molecule has 1 fully saturated rings. The Kier molecular flexibility index (Phi) is 8.61. The van der Waals surface area contributed by atoms with Crippen LogP contribution in [0, 0.1) is 20.8 Å². The minimum absolute atomic E-state index is 0.0634. The highest BCUT2D eigenvalue weighted by atomic mass is 32.1. The Hall–Kier alpha value is -4.21. The Bertz CT molecular complexity index is 1620. The van der Waals surface area contributed by atoms with Crippen LogP contribution in [-0.2, 0) is 16.0 Å². The lowest BCUT2D eigenvalue weighted by Crippen LogP contribution is -2.29. The third-order valence-electron chi connectivity index (χ3n) is 7.82. The quantitative estimate of drug-likeness (QED) is 0.230. The first-order chi connectivity index (χ1) is 20.3. The van der Waals surface area contributed by atoms with E-state index in [0.717, 1.165) is 34.8 Å². The predicted octanol–water partition coefficient (Wildman–Crippen LogP) is 6.13. The van der Waals surface area contributed by atoms with Gasteiger partial charge in [0.1, 0.15) is 12.4 Å². The van der Waals surface area contributed by atoms with Gasteiger partial charge >= 0.3 is 0 Å². The number of benzene rings is 2. The van der Waals surface area contributed by atoms with Crippen molar-refractivity contribution in [2.75, 3.05) is 31.0 Å². The highest BCUT2D eigenvalue weighted by Gasteiger charge is 2.42. The van der Waals surface area contributed by atoms with Crippen LogP contribution in [0.5, 0.6) is 5.75 Å². The lowest BCUT2D eigenvalue weighted by atomic mass is 9.96. The van der Waals surface area contributed by atoms with Gasteiger partial charge < -0.3 is 29.6 Å². The molecular weight excluding hydrogens is 546 g/mol. The number of carbonyl (C=O) groups excluding carboxylic acids is 1. The summed E-state index contributed by atoms with van der Waals surface area (Å²) in [6.07, 6.45) is 2.74. The van der Waals surface area contributed by atoms with Crippen molar-refractivity contribution in [1.82, 2.24) is 14.9 Å². The zero-order chi connectivity index (χ0) is 30.0. The zero-order valence-corrected chi connectivity index (χ0v) is 25.7. The first kappa shape index (κ1) is 29.3. The summed E-state index contributed by atoms with van der Waals surface area (Å²) in [4.78, 5) is 19.3. The maximum absolute atomic E-state index is 12.4. The molecule has 0 aliphatic carbocycles. The fourth-order valence-corrected chi connectivity index (χ4v) is 6.31. The zero-order valence-electron chi connectivity index (χ0n) is 24.9. The minimum Gasteiger partial charge on any atom is -0.495 e. The number of hydrogen-bond donors (Lipinski definition) is 2. The summed E-state index contributed by atoms with van der Waals surface area (Å²) in [5, 5.41) is 7.03. The Labute approximate surface area is 252 Å². The maximum atomic E-state index is 12.4. The van der Waals surface area contributed by atoms with Crippen LogP contribution in [0.15, 0.2) is 66.9 Å². The second-order valence-electron chi connectivity index (χ2n) is 10.5. The Balaban J connectivity index is 1.68. The average Bonchev–Trinajstić information content (AvgIpc) is 3.48. The van der Waals surface area contributed by atoms with E-state index in [1.807, 2.05) is 36.4 Å². The third-order valence-corrected chi connectivity index (χ3v) is 8.14. The van der Waals surface area contributed by atoms with Crippen LogP contribution in [0.2, 0.25) is 0 Å². The highest BCUT2D eigenvalue weighted by Crippen LogP contribution is 2.45. The number of anilines is 2. The number of amides is 1. The van der Waals surface area contributed by atoms with Crippen molar-refractivity contribution in [3.63, 3.8) is 0 Å². The van der Waals surface area contributed by atoms with E-state index in [1.165, 1.54) is 23.9 Å². The summed E-state index contributed by atoms with van der Waals surface area (Å²) in [6.45, 7) is 8.62. The number of nitrogens with one attached hydrogen (secondary N) is 2. The maximum Gasteiger partial charge on any atom is 0.250 e. The SMILES string of the molecule is CCc1cccc(C)c1-n1c(C)cc([C@H]2[C@H](c3ccccn3)NC(=S)N2c2ccc(OC)c(NC(=O)COC)c2)c1C. The molecule has 4 aromatic rings. The first-order valence-corrected chi connectivity index (χ1v) is 14.4. The van der Waals surface area contributed by atoms with E-state index in [9.17, 15) is 4.79 Å². The fourth-order valence-electron chi connectivity index (χ4n) is 5.97. The summed E-state index contributed by atoms with van der Waals surface area (Å²) >= 11 is 5.99. The van der Waals surface area contributed by atoms with Gasteiger partial charge in [-0.15, -0.1) is 0 Å². The molecule has 0 radical (unpaired) electrons. The monoisotopic (exact) mass is 583 g/mol. The van der Waals surface area contributed by atoms with Crippen LogP contribution in [0.3, 0.4) is 0 Å². The van der Waals surface area contributed by atoms with Crippen LogP contribution in [-0.4, -0.2) is 41.4 Å². The van der Waals surface area contributed by atoms with Crippen LogP contribution in [0.25, 0.3) is 5.69 Å². The van der Waals surface area contributed by atoms with E-state index >= 15 is 0 Å². The van der Waals surface area contributed by atoms with Crippen molar-refractivity contribution < 1.29 is 14.3 Å². The van der Waals surface area contributed by atoms with Crippen molar-refractivity contribution in [3.05, 3.63) is 101 Å². The molecule has 2 atom stereocenters. The topological polar surface area (TPSA) is 80.7 Å². The van der Waals surface area contributed by atoms with Crippen LogP contribution in [0.1, 0.15) is 52.8 Å². The molecule has 3 heterocycles. The largest absolute Gasteiger partial charge is 0.495 e. The van der Waals surface area contributed by atoms with Crippen molar-refractivity contribution in [3.8, 4) is 11.4 Å². The standard InChI is InChI=1S/C33H37N5O3S/c1-7-23-12-10-11-20(2)31(23)37-21(3)17-25(22(37)4)32-30(26-13-8-9-16-34-26)36-33(42)38(32)24-14-15-28(41-6)27(18-24)35-29(39)19-40-5/h8-18,30,32H,7,19H2,1-6H3,(H,35,39)(H,36,42)/t30-,32-/m0/s1. The molecule has 0 spiro atoms. The molecule has 0 bridgehead atoms. The van der Waals surface area contributed by atoms with Gasteiger partial charge in [0, 0.05) is 30.4 Å². The van der Waals surface area contributed by atoms with Gasteiger partial charge in [-0.1, -0.05) is 31.2 Å². The van der Waals surface area contributed by atoms with Crippen molar-refractivity contribution in [2.24, 2.45) is 0 Å². The number of thiocarbonyl (C=S) groups is 1. The molecule has 0 saturated carbocycles. The predicted molar refractivity (Wildman–Crippen MR) is 171 cm³/mol. The summed E-state index contributed by atoms with van der Waals surface area (Å²) in [7, 11) is 3.06. The molecule has 1 aliphatic heterocycles. The van der Waals surface area contributed by atoms with Crippen LogP contribution < -0.4 is 20.3 Å². The number of ether oxygens (including phenoxy) is 2. The Morgan fingerprint density at radius 2 is 1.88 bits per heavy atom. The average molecular weight is 584 g/mol. The number of nitrogens with zero attached hydrogens (tertiary/aromatic N) is 3. The van der Waals surface area contributed by atoms with E-state index in [0.29, 0.717) is 16.5 Å². The van der Waals surface area contributed by atoms with Gasteiger partial charge in [-0.25, -0.2) is 0 Å². The van der Waals surface area contributed by atoms with E-state index in [1.54, 1.807) is 13.3 Å². The molecular formula is C33H37N5O3S. The lowest BCUT2D eigenvalue weighted by Gasteiger charge is -2.29. The number of pyridine rings is 1. The molecule has 5 rings (SSSR count). The molecule has 2 aromatic carbocycles. The smallest absolute Gasteiger partial charge is 0.250 e. The number of rotatable bonds is 9. The number of carbonyl (C=O) groups is 1. The van der Waals surface area contributed by atoms with Crippen molar-refractivity contribution in [2.45, 2.75) is 46.2 Å². The molecule has 42 heavy (non-hydrogen) atoms. The highest BCUT2D eigenvalue weighted by molar-refractivity contribution is 7.80. The van der Waals surface area contributed by atoms with Crippen LogP contribution >= 0.6 is 12.2 Å². The summed E-state index contributed by atoms with van der Waals surface area (Å²) in [5.74, 6) is 0.274. The number of hydrogen-bond acceptors (Lipinski definition) is 5. The molecule has 2 N–H and O–H groups in total. The number of aromatic nitrogens is 2. The third kappa shape index (κ3) is 5.37. The van der Waals surface area contributed by atoms with Gasteiger partial charge in [0.2, 0.25) is 5.91 Å². The molecule has 218 valence electrons. The second kappa shape index (κ2) is 12.3. The molecule has 0 unspecified atom stereocenters. The van der Waals surface area contributed by atoms with Gasteiger partial charge in [0.25, 0.3) is 0 Å². The number of methoxy groups -OCH3 is 2. The molecule has 1 saturated heterocycles. The van der Waals surface area contributed by atoms with Gasteiger partial charge in [-0.3, -0.25) is 9.78 Å². The van der Waals surface area contributed by atoms with Gasteiger partial charge in [0.15, 0.2) is 5.11 Å². The lowest BCUT2D eigenvalue weighted by molar-refractivity contribution is -0.119. The number of aryl methyl sites for hydroxylation is 3. The van der Waals surface area contributed by atoms with Gasteiger partial charge in [-0.05, 0) is 92.5 Å². The molecule has 9 heteroatoms. The normalized spacial score (nSPS) is 16.4. The second-order valence-corrected chi connectivity index (χ2v) is 10.8. The van der Waals surface area contributed by atoms with Crippen molar-refractivity contribution in [1.29, 1.82) is 0 Å². The molecule has 1 amide bonds. The minimum atomic E-state index is -0.272. The van der Waals surface area contributed by atoms with E-state index in [2.05, 4.69) is 72.1 Å². The molecule has 1 aliphatic rings. The van der Waals surface area contributed by atoms with Gasteiger partial charge in [-0.2, -0.15) is 0 Å². The van der Waals surface area contributed by atoms with Crippen molar-refractivity contribution >= 4 is 34.6 Å².